The molecule has 7 heteroatoms. The lowest BCUT2D eigenvalue weighted by atomic mass is 10.1. The molecule has 0 unspecified atom stereocenters. The molecule has 0 spiro atoms. The highest BCUT2D eigenvalue weighted by Crippen LogP contribution is 2.25. The second-order valence-corrected chi connectivity index (χ2v) is 8.12. The third-order valence-electron chi connectivity index (χ3n) is 5.54. The molecule has 0 bridgehead atoms. The van der Waals surface area contributed by atoms with Crippen molar-refractivity contribution in [2.45, 2.75) is 26.8 Å². The second-order valence-electron chi connectivity index (χ2n) is 8.12. The number of halogens is 1. The van der Waals surface area contributed by atoms with Crippen LogP contribution in [-0.2, 0) is 6.54 Å². The maximum Gasteiger partial charge on any atom is 0.272 e. The SMILES string of the molecule is Cc1ccc(C)c(-n2nc(-c3ccc(F)cc3)cc2C(=O)N(CCC#N)Cc2cccnc2)c1. The molecule has 0 aliphatic heterocycles. The van der Waals surface area contributed by atoms with Crippen LogP contribution in [0.3, 0.4) is 0 Å². The number of amides is 1. The Labute approximate surface area is 197 Å². The summed E-state index contributed by atoms with van der Waals surface area (Å²) >= 11 is 0. The number of hydrogen-bond acceptors (Lipinski definition) is 4. The van der Waals surface area contributed by atoms with Crippen molar-refractivity contribution in [2.24, 2.45) is 0 Å². The number of nitrogens with zero attached hydrogens (tertiary/aromatic N) is 5. The first-order valence-electron chi connectivity index (χ1n) is 10.9. The molecule has 170 valence electrons. The summed E-state index contributed by atoms with van der Waals surface area (Å²) in [6.45, 7) is 4.54. The van der Waals surface area contributed by atoms with Crippen LogP contribution in [0.4, 0.5) is 4.39 Å². The summed E-state index contributed by atoms with van der Waals surface area (Å²) in [4.78, 5) is 19.6. The molecule has 2 aromatic heterocycles. The molecule has 0 radical (unpaired) electrons. The second kappa shape index (κ2) is 10.1. The molecular weight excluding hydrogens is 429 g/mol. The third-order valence-corrected chi connectivity index (χ3v) is 5.54. The smallest absolute Gasteiger partial charge is 0.272 e. The number of aromatic nitrogens is 3. The van der Waals surface area contributed by atoms with E-state index in [-0.39, 0.29) is 24.7 Å². The lowest BCUT2D eigenvalue weighted by Crippen LogP contribution is -2.33. The van der Waals surface area contributed by atoms with Gasteiger partial charge in [0.25, 0.3) is 5.91 Å². The van der Waals surface area contributed by atoms with Crippen LogP contribution < -0.4 is 0 Å². The monoisotopic (exact) mass is 453 g/mol. The van der Waals surface area contributed by atoms with E-state index >= 15 is 0 Å². The number of hydrogen-bond donors (Lipinski definition) is 0. The van der Waals surface area contributed by atoms with E-state index in [9.17, 15) is 9.18 Å². The van der Waals surface area contributed by atoms with Crippen LogP contribution in [0.2, 0.25) is 0 Å². The summed E-state index contributed by atoms with van der Waals surface area (Å²) in [6, 6.07) is 19.6. The average molecular weight is 454 g/mol. The fourth-order valence-electron chi connectivity index (χ4n) is 3.74. The van der Waals surface area contributed by atoms with Crippen molar-refractivity contribution in [1.82, 2.24) is 19.7 Å². The van der Waals surface area contributed by atoms with Crippen molar-refractivity contribution >= 4 is 5.91 Å². The van der Waals surface area contributed by atoms with Crippen LogP contribution in [0.15, 0.2) is 73.1 Å². The Morgan fingerprint density at radius 2 is 1.91 bits per heavy atom. The van der Waals surface area contributed by atoms with Gasteiger partial charge < -0.3 is 4.90 Å². The predicted molar refractivity (Wildman–Crippen MR) is 128 cm³/mol. The zero-order valence-electron chi connectivity index (χ0n) is 19.1. The highest BCUT2D eigenvalue weighted by molar-refractivity contribution is 5.94. The minimum atomic E-state index is -0.340. The summed E-state index contributed by atoms with van der Waals surface area (Å²) in [5.74, 6) is -0.589. The summed E-state index contributed by atoms with van der Waals surface area (Å²) in [5, 5.41) is 13.9. The Hall–Kier alpha value is -4.31. The van der Waals surface area contributed by atoms with Gasteiger partial charge in [0.1, 0.15) is 11.5 Å². The first kappa shape index (κ1) is 22.9. The fourth-order valence-corrected chi connectivity index (χ4v) is 3.74. The first-order chi connectivity index (χ1) is 16.5. The topological polar surface area (TPSA) is 74.8 Å². The van der Waals surface area contributed by atoms with Crippen molar-refractivity contribution in [3.8, 4) is 23.0 Å². The van der Waals surface area contributed by atoms with Crippen LogP contribution in [0.5, 0.6) is 0 Å². The first-order valence-corrected chi connectivity index (χ1v) is 10.9. The molecule has 2 aromatic carbocycles. The van der Waals surface area contributed by atoms with E-state index < -0.39 is 0 Å². The zero-order valence-corrected chi connectivity index (χ0v) is 19.1. The normalized spacial score (nSPS) is 10.6. The minimum Gasteiger partial charge on any atom is -0.332 e. The van der Waals surface area contributed by atoms with Gasteiger partial charge in [0, 0.05) is 31.0 Å². The van der Waals surface area contributed by atoms with Crippen molar-refractivity contribution < 1.29 is 9.18 Å². The molecule has 1 amide bonds. The number of rotatable bonds is 7. The van der Waals surface area contributed by atoms with Gasteiger partial charge in [0.2, 0.25) is 0 Å². The highest BCUT2D eigenvalue weighted by atomic mass is 19.1. The van der Waals surface area contributed by atoms with E-state index in [0.29, 0.717) is 23.5 Å². The molecule has 0 fully saturated rings. The van der Waals surface area contributed by atoms with E-state index in [1.807, 2.05) is 44.2 Å². The Bertz CT molecular complexity index is 1340. The van der Waals surface area contributed by atoms with Gasteiger partial charge in [-0.3, -0.25) is 9.78 Å². The summed E-state index contributed by atoms with van der Waals surface area (Å²) in [5.41, 5.74) is 5.29. The molecule has 0 aliphatic rings. The molecule has 0 saturated carbocycles. The summed E-state index contributed by atoms with van der Waals surface area (Å²) in [6.07, 6.45) is 3.59. The zero-order chi connectivity index (χ0) is 24.1. The standard InChI is InChI=1S/C27H24FN5O/c1-19-6-7-20(2)25(15-19)33-26(16-24(31-33)22-8-10-23(28)11-9-22)27(34)32(14-4-12-29)18-21-5-3-13-30-17-21/h3,5-11,13,15-17H,4,14,18H2,1-2H3. The van der Waals surface area contributed by atoms with Gasteiger partial charge in [0.05, 0.1) is 23.9 Å². The lowest BCUT2D eigenvalue weighted by Gasteiger charge is -2.22. The van der Waals surface area contributed by atoms with Gasteiger partial charge >= 0.3 is 0 Å². The average Bonchev–Trinajstić information content (AvgIpc) is 3.29. The molecule has 4 aromatic rings. The van der Waals surface area contributed by atoms with E-state index in [2.05, 4.69) is 11.1 Å². The molecule has 0 atom stereocenters. The molecule has 34 heavy (non-hydrogen) atoms. The van der Waals surface area contributed by atoms with Crippen LogP contribution >= 0.6 is 0 Å². The molecule has 4 rings (SSSR count). The molecule has 0 N–H and O–H groups in total. The molecule has 6 nitrogen and oxygen atoms in total. The van der Waals surface area contributed by atoms with Crippen molar-refractivity contribution in [3.05, 3.63) is 101 Å². The van der Waals surface area contributed by atoms with Crippen LogP contribution in [-0.4, -0.2) is 32.1 Å². The Balaban J connectivity index is 1.81. The van der Waals surface area contributed by atoms with Gasteiger partial charge in [-0.25, -0.2) is 9.07 Å². The van der Waals surface area contributed by atoms with Crippen molar-refractivity contribution in [3.63, 3.8) is 0 Å². The van der Waals surface area contributed by atoms with E-state index in [1.165, 1.54) is 12.1 Å². The summed E-state index contributed by atoms with van der Waals surface area (Å²) < 4.78 is 15.1. The number of nitriles is 1. The van der Waals surface area contributed by atoms with Gasteiger partial charge in [0.15, 0.2) is 0 Å². The van der Waals surface area contributed by atoms with Crippen LogP contribution in [0.1, 0.15) is 33.6 Å². The van der Waals surface area contributed by atoms with Gasteiger partial charge in [-0.2, -0.15) is 10.4 Å². The molecule has 2 heterocycles. The maximum absolute atomic E-state index is 13.8. The number of carbonyl (C=O) groups is 1. The van der Waals surface area contributed by atoms with E-state index in [1.54, 1.807) is 40.2 Å². The third kappa shape index (κ3) is 5.02. The maximum atomic E-state index is 13.8. The summed E-state index contributed by atoms with van der Waals surface area (Å²) in [7, 11) is 0. The Kier molecular flexibility index (Phi) is 6.79. The predicted octanol–water partition coefficient (Wildman–Crippen LogP) is 5.25. The number of aryl methyl sites for hydroxylation is 2. The van der Waals surface area contributed by atoms with Crippen molar-refractivity contribution in [2.75, 3.05) is 6.54 Å². The van der Waals surface area contributed by atoms with E-state index in [0.717, 1.165) is 22.4 Å². The van der Waals surface area contributed by atoms with Crippen molar-refractivity contribution in [1.29, 1.82) is 5.26 Å². The number of pyridine rings is 1. The van der Waals surface area contributed by atoms with Gasteiger partial charge in [-0.1, -0.05) is 18.2 Å². The minimum absolute atomic E-state index is 0.203. The highest BCUT2D eigenvalue weighted by Gasteiger charge is 2.24. The Morgan fingerprint density at radius 1 is 1.12 bits per heavy atom. The number of benzene rings is 2. The Morgan fingerprint density at radius 3 is 2.62 bits per heavy atom. The lowest BCUT2D eigenvalue weighted by molar-refractivity contribution is 0.0737. The van der Waals surface area contributed by atoms with Crippen LogP contribution in [0.25, 0.3) is 16.9 Å². The van der Waals surface area contributed by atoms with Gasteiger partial charge in [-0.05, 0) is 73.0 Å². The van der Waals surface area contributed by atoms with Crippen LogP contribution in [0, 0.1) is 31.0 Å². The van der Waals surface area contributed by atoms with Gasteiger partial charge in [-0.15, -0.1) is 0 Å². The molecular formula is C27H24FN5O. The molecule has 0 saturated heterocycles. The quantitative estimate of drug-likeness (QED) is 0.383. The molecule has 0 aliphatic carbocycles. The van der Waals surface area contributed by atoms with E-state index in [4.69, 9.17) is 10.4 Å². The largest absolute Gasteiger partial charge is 0.332 e. The fraction of sp³-hybridized carbons (Fsp3) is 0.185. The number of carbonyl (C=O) groups excluding carboxylic acids is 1.